The van der Waals surface area contributed by atoms with E-state index >= 15 is 0 Å². The van der Waals surface area contributed by atoms with Crippen molar-refractivity contribution >= 4 is 29.1 Å². The van der Waals surface area contributed by atoms with Crippen molar-refractivity contribution in [3.8, 4) is 0 Å². The summed E-state index contributed by atoms with van der Waals surface area (Å²) in [6.45, 7) is 3.19. The average molecular weight is 362 g/mol. The number of carbonyl (C=O) groups is 1. The predicted molar refractivity (Wildman–Crippen MR) is 106 cm³/mol. The van der Waals surface area contributed by atoms with Gasteiger partial charge in [-0.2, -0.15) is 0 Å². The molecule has 3 N–H and O–H groups in total. The molecule has 5 heteroatoms. The Morgan fingerprint density at radius 3 is 2.76 bits per heavy atom. The fourth-order valence-corrected chi connectivity index (χ4v) is 3.52. The number of halogens is 1. The molecule has 0 bridgehead atoms. The van der Waals surface area contributed by atoms with Crippen LogP contribution in [0, 0.1) is 0 Å². The Morgan fingerprint density at radius 2 is 1.96 bits per heavy atom. The first-order chi connectivity index (χ1) is 11.8. The highest BCUT2D eigenvalue weighted by atomic mass is 35.5. The number of fused-ring (bicyclic) bond motifs is 1. The summed E-state index contributed by atoms with van der Waals surface area (Å²) in [6, 6.07) is 15.6. The zero-order valence-electron chi connectivity index (χ0n) is 14.6. The summed E-state index contributed by atoms with van der Waals surface area (Å²) in [6.07, 6.45) is 4.04. The Hall–Kier alpha value is -1.62. The van der Waals surface area contributed by atoms with Gasteiger partial charge in [0.05, 0.1) is 0 Å². The van der Waals surface area contributed by atoms with Crippen LogP contribution >= 0.6 is 12.4 Å². The van der Waals surface area contributed by atoms with Gasteiger partial charge in [-0.05, 0) is 41.8 Å². The van der Waals surface area contributed by atoms with Crippen LogP contribution in [0.5, 0.6) is 0 Å². The molecule has 2 aromatic rings. The van der Waals surface area contributed by atoms with Gasteiger partial charge in [0, 0.05) is 32.1 Å². The van der Waals surface area contributed by atoms with Gasteiger partial charge in [-0.3, -0.25) is 9.69 Å². The molecule has 0 aliphatic carbocycles. The van der Waals surface area contributed by atoms with Gasteiger partial charge in [-0.1, -0.05) is 42.8 Å². The van der Waals surface area contributed by atoms with E-state index in [4.69, 9.17) is 5.73 Å². The Morgan fingerprint density at radius 1 is 1.16 bits per heavy atom. The Bertz CT molecular complexity index is 691. The van der Waals surface area contributed by atoms with E-state index in [0.29, 0.717) is 19.0 Å². The van der Waals surface area contributed by atoms with E-state index in [1.807, 2.05) is 0 Å². The van der Waals surface area contributed by atoms with Gasteiger partial charge < -0.3 is 11.1 Å². The van der Waals surface area contributed by atoms with Gasteiger partial charge >= 0.3 is 0 Å². The minimum atomic E-state index is 0. The highest BCUT2D eigenvalue weighted by molar-refractivity contribution is 5.85. The number of nitrogens with two attached hydrogens (primary N) is 1. The lowest BCUT2D eigenvalue weighted by Crippen LogP contribution is -2.46. The quantitative estimate of drug-likeness (QED) is 0.831. The van der Waals surface area contributed by atoms with Crippen LogP contribution in [0.4, 0.5) is 0 Å². The third-order valence-electron chi connectivity index (χ3n) is 4.85. The monoisotopic (exact) mass is 361 g/mol. The average Bonchev–Trinajstić information content (AvgIpc) is 2.61. The van der Waals surface area contributed by atoms with E-state index in [0.717, 1.165) is 26.1 Å². The number of likely N-dealkylation sites (tertiary alicyclic amines) is 1. The summed E-state index contributed by atoms with van der Waals surface area (Å²) < 4.78 is 0. The molecule has 0 aromatic heterocycles. The first-order valence-corrected chi connectivity index (χ1v) is 8.95. The zero-order chi connectivity index (χ0) is 16.8. The largest absolute Gasteiger partial charge is 0.354 e. The van der Waals surface area contributed by atoms with Crippen molar-refractivity contribution in [1.82, 2.24) is 10.2 Å². The lowest BCUT2D eigenvalue weighted by atomic mass is 10.00. The highest BCUT2D eigenvalue weighted by Crippen LogP contribution is 2.22. The van der Waals surface area contributed by atoms with Gasteiger partial charge in [-0.25, -0.2) is 0 Å². The van der Waals surface area contributed by atoms with Crippen LogP contribution < -0.4 is 11.1 Å². The Kier molecular flexibility index (Phi) is 7.69. The summed E-state index contributed by atoms with van der Waals surface area (Å²) >= 11 is 0. The molecule has 136 valence electrons. The molecule has 1 heterocycles. The SMILES string of the molecule is Cl.NCCC(=O)NCC1CCCCN1Cc1ccc2ccccc2c1. The second kappa shape index (κ2) is 9.76. The van der Waals surface area contributed by atoms with Crippen molar-refractivity contribution < 1.29 is 4.79 Å². The van der Waals surface area contributed by atoms with Crippen LogP contribution in [0.2, 0.25) is 0 Å². The van der Waals surface area contributed by atoms with E-state index in [2.05, 4.69) is 52.7 Å². The third kappa shape index (κ3) is 5.43. The highest BCUT2D eigenvalue weighted by Gasteiger charge is 2.22. The second-order valence-corrected chi connectivity index (χ2v) is 6.64. The number of rotatable bonds is 6. The lowest BCUT2D eigenvalue weighted by Gasteiger charge is -2.36. The summed E-state index contributed by atoms with van der Waals surface area (Å²) in [7, 11) is 0. The fourth-order valence-electron chi connectivity index (χ4n) is 3.52. The number of amides is 1. The number of benzene rings is 2. The van der Waals surface area contributed by atoms with Gasteiger partial charge in [0.25, 0.3) is 0 Å². The zero-order valence-corrected chi connectivity index (χ0v) is 15.4. The van der Waals surface area contributed by atoms with E-state index in [1.165, 1.54) is 29.2 Å². The number of carbonyl (C=O) groups excluding carboxylic acids is 1. The number of nitrogens with one attached hydrogen (secondary N) is 1. The maximum absolute atomic E-state index is 11.7. The molecule has 1 atom stereocenters. The molecule has 1 aliphatic heterocycles. The number of piperidine rings is 1. The first-order valence-electron chi connectivity index (χ1n) is 8.95. The molecular weight excluding hydrogens is 334 g/mol. The van der Waals surface area contributed by atoms with Crippen molar-refractivity contribution in [2.24, 2.45) is 5.73 Å². The third-order valence-corrected chi connectivity index (χ3v) is 4.85. The molecule has 1 amide bonds. The Balaban J connectivity index is 0.00000225. The van der Waals surface area contributed by atoms with Crippen LogP contribution in [0.15, 0.2) is 42.5 Å². The van der Waals surface area contributed by atoms with Crippen molar-refractivity contribution in [3.05, 3.63) is 48.0 Å². The smallest absolute Gasteiger partial charge is 0.221 e. The van der Waals surface area contributed by atoms with Gasteiger partial charge in [0.2, 0.25) is 5.91 Å². The minimum absolute atomic E-state index is 0. The van der Waals surface area contributed by atoms with Crippen LogP contribution in [0.3, 0.4) is 0 Å². The molecule has 25 heavy (non-hydrogen) atoms. The molecule has 1 fully saturated rings. The molecule has 2 aromatic carbocycles. The van der Waals surface area contributed by atoms with E-state index in [-0.39, 0.29) is 18.3 Å². The summed E-state index contributed by atoms with van der Waals surface area (Å²) in [5, 5.41) is 5.61. The molecule has 4 nitrogen and oxygen atoms in total. The lowest BCUT2D eigenvalue weighted by molar-refractivity contribution is -0.121. The number of hydrogen-bond donors (Lipinski definition) is 2. The van der Waals surface area contributed by atoms with Crippen LogP contribution in [0.1, 0.15) is 31.2 Å². The van der Waals surface area contributed by atoms with Crippen molar-refractivity contribution in [2.45, 2.75) is 38.3 Å². The number of nitrogens with zero attached hydrogens (tertiary/aromatic N) is 1. The summed E-state index contributed by atoms with van der Waals surface area (Å²) in [4.78, 5) is 14.2. The van der Waals surface area contributed by atoms with Crippen LogP contribution in [-0.4, -0.2) is 36.5 Å². The second-order valence-electron chi connectivity index (χ2n) is 6.64. The summed E-state index contributed by atoms with van der Waals surface area (Å²) in [5.41, 5.74) is 6.78. The Labute approximate surface area is 156 Å². The first kappa shape index (κ1) is 19.7. The molecule has 1 aliphatic rings. The van der Waals surface area contributed by atoms with Gasteiger partial charge in [-0.15, -0.1) is 12.4 Å². The van der Waals surface area contributed by atoms with Crippen LogP contribution in [0.25, 0.3) is 10.8 Å². The van der Waals surface area contributed by atoms with Crippen molar-refractivity contribution in [2.75, 3.05) is 19.6 Å². The molecule has 0 radical (unpaired) electrons. The van der Waals surface area contributed by atoms with Crippen molar-refractivity contribution in [1.29, 1.82) is 0 Å². The fraction of sp³-hybridized carbons (Fsp3) is 0.450. The van der Waals surface area contributed by atoms with Gasteiger partial charge in [0.15, 0.2) is 0 Å². The van der Waals surface area contributed by atoms with E-state index < -0.39 is 0 Å². The summed E-state index contributed by atoms with van der Waals surface area (Å²) in [5.74, 6) is 0.0636. The molecule has 3 rings (SSSR count). The van der Waals surface area contributed by atoms with E-state index in [1.54, 1.807) is 0 Å². The van der Waals surface area contributed by atoms with Crippen molar-refractivity contribution in [3.63, 3.8) is 0 Å². The normalized spacial score (nSPS) is 17.9. The standard InChI is InChI=1S/C20H27N3O.ClH/c21-11-10-20(24)22-14-19-7-3-4-12-23(19)15-16-8-9-17-5-1-2-6-18(17)13-16;/h1-2,5-6,8-9,13,19H,3-4,7,10-12,14-15,21H2,(H,22,24);1H. The molecular formula is C20H28ClN3O. The number of hydrogen-bond acceptors (Lipinski definition) is 3. The molecule has 1 saturated heterocycles. The predicted octanol–water partition coefficient (Wildman–Crippen LogP) is 3.08. The maximum Gasteiger partial charge on any atom is 0.221 e. The molecule has 1 unspecified atom stereocenters. The van der Waals surface area contributed by atoms with E-state index in [9.17, 15) is 4.79 Å². The van der Waals surface area contributed by atoms with Gasteiger partial charge in [0.1, 0.15) is 0 Å². The maximum atomic E-state index is 11.7. The molecule has 0 spiro atoms. The van der Waals surface area contributed by atoms with Crippen LogP contribution in [-0.2, 0) is 11.3 Å². The topological polar surface area (TPSA) is 58.4 Å². The minimum Gasteiger partial charge on any atom is -0.354 e. The molecule has 0 saturated carbocycles.